The Morgan fingerprint density at radius 3 is 2.88 bits per heavy atom. The highest BCUT2D eigenvalue weighted by Gasteiger charge is 2.18. The predicted octanol–water partition coefficient (Wildman–Crippen LogP) is 3.40. The zero-order valence-corrected chi connectivity index (χ0v) is 11.0. The van der Waals surface area contributed by atoms with Gasteiger partial charge in [-0.1, -0.05) is 12.1 Å². The molecule has 0 saturated carbocycles. The van der Waals surface area contributed by atoms with Crippen molar-refractivity contribution in [3.63, 3.8) is 0 Å². The van der Waals surface area contributed by atoms with Crippen LogP contribution in [0.4, 0.5) is 4.39 Å². The lowest BCUT2D eigenvalue weighted by atomic mass is 10.0. The summed E-state index contributed by atoms with van der Waals surface area (Å²) in [7, 11) is 0. The summed E-state index contributed by atoms with van der Waals surface area (Å²) in [4.78, 5) is 5.02. The van der Waals surface area contributed by atoms with Crippen LogP contribution < -0.4 is 5.73 Å². The number of hydrogen-bond acceptors (Lipinski definition) is 3. The summed E-state index contributed by atoms with van der Waals surface area (Å²) in [5.41, 5.74) is 9.11. The van der Waals surface area contributed by atoms with Gasteiger partial charge in [0.2, 0.25) is 0 Å². The topological polar surface area (TPSA) is 38.9 Å². The van der Waals surface area contributed by atoms with E-state index < -0.39 is 6.04 Å². The molecular formula is C11H10BrFN2S. The first-order valence-corrected chi connectivity index (χ1v) is 6.38. The highest BCUT2D eigenvalue weighted by atomic mass is 79.9. The van der Waals surface area contributed by atoms with Crippen molar-refractivity contribution in [3.8, 4) is 0 Å². The third kappa shape index (κ3) is 2.03. The second kappa shape index (κ2) is 4.61. The van der Waals surface area contributed by atoms with E-state index >= 15 is 0 Å². The smallest absolute Gasteiger partial charge is 0.142 e. The van der Waals surface area contributed by atoms with Gasteiger partial charge < -0.3 is 5.73 Å². The van der Waals surface area contributed by atoms with E-state index in [-0.39, 0.29) is 5.82 Å². The summed E-state index contributed by atoms with van der Waals surface area (Å²) >= 11 is 4.60. The summed E-state index contributed by atoms with van der Waals surface area (Å²) in [5, 5.41) is 0. The molecule has 1 heterocycles. The van der Waals surface area contributed by atoms with Crippen molar-refractivity contribution >= 4 is 27.3 Å². The van der Waals surface area contributed by atoms with E-state index in [9.17, 15) is 4.39 Å². The molecule has 0 aliphatic rings. The number of nitrogens with two attached hydrogens (primary N) is 1. The van der Waals surface area contributed by atoms with Crippen molar-refractivity contribution in [1.82, 2.24) is 4.98 Å². The summed E-state index contributed by atoms with van der Waals surface area (Å²) in [6.45, 7) is 1.88. The largest absolute Gasteiger partial charge is 0.319 e. The van der Waals surface area contributed by atoms with Gasteiger partial charge in [-0.25, -0.2) is 9.37 Å². The number of nitrogens with zero attached hydrogens (tertiary/aromatic N) is 1. The zero-order valence-electron chi connectivity index (χ0n) is 8.58. The van der Waals surface area contributed by atoms with Crippen LogP contribution in [0.1, 0.15) is 22.2 Å². The molecule has 1 aromatic heterocycles. The lowest BCUT2D eigenvalue weighted by Gasteiger charge is -2.12. The van der Waals surface area contributed by atoms with Gasteiger partial charge in [-0.15, -0.1) is 11.3 Å². The fourth-order valence-electron chi connectivity index (χ4n) is 1.51. The van der Waals surface area contributed by atoms with Gasteiger partial charge in [0.25, 0.3) is 0 Å². The number of aromatic nitrogens is 1. The predicted molar refractivity (Wildman–Crippen MR) is 67.0 cm³/mol. The lowest BCUT2D eigenvalue weighted by molar-refractivity contribution is 0.594. The van der Waals surface area contributed by atoms with Gasteiger partial charge in [0.1, 0.15) is 5.82 Å². The quantitative estimate of drug-likeness (QED) is 0.923. The third-order valence-corrected chi connectivity index (χ3v) is 4.01. The van der Waals surface area contributed by atoms with Gasteiger partial charge in [-0.2, -0.15) is 0 Å². The fourth-order valence-corrected chi connectivity index (χ4v) is 2.71. The molecule has 0 aliphatic carbocycles. The second-order valence-electron chi connectivity index (χ2n) is 3.42. The number of benzene rings is 1. The maximum absolute atomic E-state index is 13.8. The number of thiazole rings is 1. The first-order valence-electron chi connectivity index (χ1n) is 4.70. The van der Waals surface area contributed by atoms with Crippen LogP contribution in [0.2, 0.25) is 0 Å². The highest BCUT2D eigenvalue weighted by Crippen LogP contribution is 2.29. The van der Waals surface area contributed by atoms with Crippen LogP contribution in [0.25, 0.3) is 0 Å². The maximum Gasteiger partial charge on any atom is 0.142 e. The summed E-state index contributed by atoms with van der Waals surface area (Å²) in [5.74, 6) is -0.303. The standard InChI is InChI=1S/C11H10BrFN2S/c1-6-11(16-5-15-6)10(14)7-3-2-4-8(12)9(7)13/h2-5,10H,14H2,1H3. The average molecular weight is 301 g/mol. The van der Waals surface area contributed by atoms with Crippen LogP contribution in [0, 0.1) is 12.7 Å². The number of aryl methyl sites for hydroxylation is 1. The Labute approximate surface area is 105 Å². The number of rotatable bonds is 2. The first-order chi connectivity index (χ1) is 7.61. The molecule has 0 fully saturated rings. The molecule has 0 aliphatic heterocycles. The Kier molecular flexibility index (Phi) is 3.37. The Hall–Kier alpha value is -0.780. The first kappa shape index (κ1) is 11.7. The molecule has 2 nitrogen and oxygen atoms in total. The minimum Gasteiger partial charge on any atom is -0.319 e. The van der Waals surface area contributed by atoms with Gasteiger partial charge >= 0.3 is 0 Å². The molecule has 1 aromatic carbocycles. The van der Waals surface area contributed by atoms with E-state index in [0.29, 0.717) is 10.0 Å². The van der Waals surface area contributed by atoms with E-state index in [1.807, 2.05) is 6.92 Å². The summed E-state index contributed by atoms with van der Waals surface area (Å²) < 4.78 is 14.3. The van der Waals surface area contributed by atoms with Crippen molar-refractivity contribution in [2.24, 2.45) is 5.73 Å². The maximum atomic E-state index is 13.8. The van der Waals surface area contributed by atoms with Gasteiger partial charge in [0, 0.05) is 10.4 Å². The molecule has 2 aromatic rings. The lowest BCUT2D eigenvalue weighted by Crippen LogP contribution is -2.13. The zero-order chi connectivity index (χ0) is 11.7. The molecule has 1 atom stereocenters. The van der Waals surface area contributed by atoms with Crippen molar-refractivity contribution in [1.29, 1.82) is 0 Å². The van der Waals surface area contributed by atoms with Crippen molar-refractivity contribution in [2.75, 3.05) is 0 Å². The third-order valence-electron chi connectivity index (χ3n) is 2.38. The van der Waals surface area contributed by atoms with Crippen LogP contribution >= 0.6 is 27.3 Å². The SMILES string of the molecule is Cc1ncsc1C(N)c1cccc(Br)c1F. The molecule has 84 valence electrons. The molecule has 1 unspecified atom stereocenters. The monoisotopic (exact) mass is 300 g/mol. The van der Waals surface area contributed by atoms with E-state index in [1.54, 1.807) is 23.7 Å². The number of halogens is 2. The molecule has 0 spiro atoms. The molecule has 16 heavy (non-hydrogen) atoms. The minimum absolute atomic E-state index is 0.303. The van der Waals surface area contributed by atoms with E-state index in [0.717, 1.165) is 10.6 Å². The van der Waals surface area contributed by atoms with Crippen molar-refractivity contribution in [2.45, 2.75) is 13.0 Å². The molecule has 2 rings (SSSR count). The van der Waals surface area contributed by atoms with Crippen LogP contribution in [0.3, 0.4) is 0 Å². The van der Waals surface area contributed by atoms with E-state index in [1.165, 1.54) is 11.3 Å². The van der Waals surface area contributed by atoms with Crippen LogP contribution in [-0.2, 0) is 0 Å². The summed E-state index contributed by atoms with van der Waals surface area (Å²) in [6, 6.07) is 4.68. The Morgan fingerprint density at radius 1 is 1.50 bits per heavy atom. The molecular weight excluding hydrogens is 291 g/mol. The van der Waals surface area contributed by atoms with Gasteiger partial charge in [-0.3, -0.25) is 0 Å². The second-order valence-corrected chi connectivity index (χ2v) is 5.16. The normalized spacial score (nSPS) is 12.8. The van der Waals surface area contributed by atoms with Gasteiger partial charge in [-0.05, 0) is 28.9 Å². The molecule has 0 radical (unpaired) electrons. The molecule has 0 bridgehead atoms. The Morgan fingerprint density at radius 2 is 2.25 bits per heavy atom. The highest BCUT2D eigenvalue weighted by molar-refractivity contribution is 9.10. The molecule has 0 amide bonds. The Balaban J connectivity index is 2.46. The van der Waals surface area contributed by atoms with Gasteiger partial charge in [0.15, 0.2) is 0 Å². The van der Waals surface area contributed by atoms with Crippen molar-refractivity contribution < 1.29 is 4.39 Å². The van der Waals surface area contributed by atoms with Crippen LogP contribution in [-0.4, -0.2) is 4.98 Å². The van der Waals surface area contributed by atoms with Gasteiger partial charge in [0.05, 0.1) is 21.7 Å². The average Bonchev–Trinajstić information content (AvgIpc) is 2.68. The van der Waals surface area contributed by atoms with Crippen molar-refractivity contribution in [3.05, 3.63) is 50.1 Å². The van der Waals surface area contributed by atoms with Crippen LogP contribution in [0.15, 0.2) is 28.2 Å². The minimum atomic E-state index is -0.454. The molecule has 2 N–H and O–H groups in total. The molecule has 5 heteroatoms. The summed E-state index contributed by atoms with van der Waals surface area (Å²) in [6.07, 6.45) is 0. The molecule has 0 saturated heterocycles. The van der Waals surface area contributed by atoms with E-state index in [2.05, 4.69) is 20.9 Å². The van der Waals surface area contributed by atoms with Crippen LogP contribution in [0.5, 0.6) is 0 Å². The Bertz CT molecular complexity index is 512. The van der Waals surface area contributed by atoms with E-state index in [4.69, 9.17) is 5.73 Å². The fraction of sp³-hybridized carbons (Fsp3) is 0.182. The number of hydrogen-bond donors (Lipinski definition) is 1.